The number of hydrogen-bond acceptors (Lipinski definition) is 4. The molecule has 0 bridgehead atoms. The fourth-order valence-electron chi connectivity index (χ4n) is 2.94. The Hall–Kier alpha value is -1.59. The number of hydrogen-bond donors (Lipinski definition) is 1. The van der Waals surface area contributed by atoms with Crippen LogP contribution in [0.15, 0.2) is 18.2 Å². The molecule has 2 fully saturated rings. The summed E-state index contributed by atoms with van der Waals surface area (Å²) in [6.07, 6.45) is 2.24. The molecule has 0 atom stereocenters. The number of nitrogens with one attached hydrogen (secondary N) is 1. The summed E-state index contributed by atoms with van der Waals surface area (Å²) in [6.45, 7) is 13.8. The molecule has 0 radical (unpaired) electrons. The second-order valence-corrected chi connectivity index (χ2v) is 6.47. The van der Waals surface area contributed by atoms with Gasteiger partial charge in [0.1, 0.15) is 5.75 Å². The molecule has 5 heteroatoms. The van der Waals surface area contributed by atoms with Gasteiger partial charge in [0.2, 0.25) is 0 Å². The van der Waals surface area contributed by atoms with E-state index in [-0.39, 0.29) is 5.91 Å². The van der Waals surface area contributed by atoms with Crippen LogP contribution in [0.5, 0.6) is 5.75 Å². The number of carbonyl (C=O) groups excluding carboxylic acids is 1. The van der Waals surface area contributed by atoms with E-state index in [0.717, 1.165) is 69.1 Å². The second-order valence-electron chi connectivity index (χ2n) is 6.47. The summed E-state index contributed by atoms with van der Waals surface area (Å²) in [5.74, 6) is 1.34. The summed E-state index contributed by atoms with van der Waals surface area (Å²) in [4.78, 5) is 14.2. The maximum atomic E-state index is 12.3. The zero-order chi connectivity index (χ0) is 19.4. The van der Waals surface area contributed by atoms with Crippen molar-refractivity contribution in [1.82, 2.24) is 10.2 Å². The minimum Gasteiger partial charge on any atom is -0.496 e. The van der Waals surface area contributed by atoms with Crippen LogP contribution in [0.25, 0.3) is 0 Å². The van der Waals surface area contributed by atoms with E-state index in [9.17, 15) is 4.79 Å². The molecule has 5 nitrogen and oxygen atoms in total. The van der Waals surface area contributed by atoms with Crippen molar-refractivity contribution >= 4 is 5.91 Å². The van der Waals surface area contributed by atoms with E-state index >= 15 is 0 Å². The first kappa shape index (κ1) is 22.5. The number of likely N-dealkylation sites (tertiary alicyclic amines) is 1. The van der Waals surface area contributed by atoms with E-state index in [4.69, 9.17) is 9.47 Å². The molecule has 148 valence electrons. The van der Waals surface area contributed by atoms with Gasteiger partial charge in [-0.25, -0.2) is 0 Å². The van der Waals surface area contributed by atoms with Crippen LogP contribution in [0.3, 0.4) is 0 Å². The van der Waals surface area contributed by atoms with Gasteiger partial charge in [0.05, 0.1) is 20.3 Å². The minimum absolute atomic E-state index is 0.126. The van der Waals surface area contributed by atoms with Gasteiger partial charge in [-0.1, -0.05) is 33.8 Å². The zero-order valence-corrected chi connectivity index (χ0v) is 17.1. The Morgan fingerprint density at radius 1 is 1.15 bits per heavy atom. The second kappa shape index (κ2) is 12.7. The van der Waals surface area contributed by atoms with Crippen molar-refractivity contribution in [3.05, 3.63) is 29.3 Å². The SMILES string of the molecule is C1COCCN1.CC.COc1cc(C(=O)N2CCCC2)ccc1C(C)C. The minimum atomic E-state index is 0.126. The molecule has 0 unspecified atom stereocenters. The van der Waals surface area contributed by atoms with E-state index < -0.39 is 0 Å². The number of nitrogens with zero attached hydrogens (tertiary/aromatic N) is 1. The number of methoxy groups -OCH3 is 1. The van der Waals surface area contributed by atoms with E-state index in [1.54, 1.807) is 7.11 Å². The van der Waals surface area contributed by atoms with Crippen molar-refractivity contribution in [2.75, 3.05) is 46.5 Å². The molecule has 2 aliphatic heterocycles. The van der Waals surface area contributed by atoms with Crippen LogP contribution in [0.4, 0.5) is 0 Å². The molecule has 2 aliphatic rings. The van der Waals surface area contributed by atoms with Crippen LogP contribution in [0.2, 0.25) is 0 Å². The number of benzene rings is 1. The predicted molar refractivity (Wildman–Crippen MR) is 107 cm³/mol. The van der Waals surface area contributed by atoms with Gasteiger partial charge < -0.3 is 19.7 Å². The predicted octanol–water partition coefficient (Wildman–Crippen LogP) is 3.69. The van der Waals surface area contributed by atoms with Crippen LogP contribution in [0, 0.1) is 0 Å². The van der Waals surface area contributed by atoms with Crippen LogP contribution >= 0.6 is 0 Å². The van der Waals surface area contributed by atoms with Gasteiger partial charge in [-0.15, -0.1) is 0 Å². The molecule has 1 aromatic rings. The number of ether oxygens (including phenoxy) is 2. The van der Waals surface area contributed by atoms with Gasteiger partial charge in [0, 0.05) is 31.7 Å². The summed E-state index contributed by atoms with van der Waals surface area (Å²) in [7, 11) is 1.66. The first-order valence-corrected chi connectivity index (χ1v) is 9.89. The Morgan fingerprint density at radius 3 is 2.19 bits per heavy atom. The maximum absolute atomic E-state index is 12.3. The summed E-state index contributed by atoms with van der Waals surface area (Å²) >= 11 is 0. The topological polar surface area (TPSA) is 50.8 Å². The van der Waals surface area contributed by atoms with Crippen molar-refractivity contribution in [3.63, 3.8) is 0 Å². The third kappa shape index (κ3) is 6.96. The number of morpholine rings is 1. The van der Waals surface area contributed by atoms with Gasteiger partial charge in [-0.05, 0) is 36.5 Å². The fraction of sp³-hybridized carbons (Fsp3) is 0.667. The molecule has 26 heavy (non-hydrogen) atoms. The molecule has 2 saturated heterocycles. The van der Waals surface area contributed by atoms with Gasteiger partial charge in [0.15, 0.2) is 0 Å². The molecule has 3 rings (SSSR count). The van der Waals surface area contributed by atoms with Crippen LogP contribution in [0.1, 0.15) is 62.4 Å². The maximum Gasteiger partial charge on any atom is 0.253 e. The number of carbonyl (C=O) groups is 1. The van der Waals surface area contributed by atoms with Crippen LogP contribution in [-0.4, -0.2) is 57.3 Å². The normalized spacial score (nSPS) is 16.3. The fourth-order valence-corrected chi connectivity index (χ4v) is 2.94. The van der Waals surface area contributed by atoms with Crippen molar-refractivity contribution < 1.29 is 14.3 Å². The summed E-state index contributed by atoms with van der Waals surface area (Å²) < 4.78 is 10.4. The lowest BCUT2D eigenvalue weighted by Crippen LogP contribution is -2.30. The molecule has 1 amide bonds. The highest BCUT2D eigenvalue weighted by atomic mass is 16.5. The van der Waals surface area contributed by atoms with E-state index in [1.807, 2.05) is 36.9 Å². The van der Waals surface area contributed by atoms with Crippen LogP contribution < -0.4 is 10.1 Å². The molecule has 1 N–H and O–H groups in total. The lowest BCUT2D eigenvalue weighted by atomic mass is 10.00. The molecule has 1 aromatic carbocycles. The van der Waals surface area contributed by atoms with E-state index in [0.29, 0.717) is 5.92 Å². The first-order valence-electron chi connectivity index (χ1n) is 9.89. The third-order valence-corrected chi connectivity index (χ3v) is 4.34. The van der Waals surface area contributed by atoms with Gasteiger partial charge in [-0.2, -0.15) is 0 Å². The smallest absolute Gasteiger partial charge is 0.253 e. The molecule has 2 heterocycles. The van der Waals surface area contributed by atoms with Gasteiger partial charge in [-0.3, -0.25) is 4.79 Å². The summed E-state index contributed by atoms with van der Waals surface area (Å²) in [5.41, 5.74) is 1.88. The molecule has 0 aliphatic carbocycles. The average Bonchev–Trinajstić information content (AvgIpc) is 3.25. The van der Waals surface area contributed by atoms with E-state index in [2.05, 4.69) is 19.2 Å². The van der Waals surface area contributed by atoms with Gasteiger partial charge in [0.25, 0.3) is 5.91 Å². The highest BCUT2D eigenvalue weighted by Crippen LogP contribution is 2.28. The number of amides is 1. The van der Waals surface area contributed by atoms with Crippen molar-refractivity contribution in [2.24, 2.45) is 0 Å². The zero-order valence-electron chi connectivity index (χ0n) is 17.1. The molecule has 0 saturated carbocycles. The largest absolute Gasteiger partial charge is 0.496 e. The van der Waals surface area contributed by atoms with Crippen molar-refractivity contribution in [3.8, 4) is 5.75 Å². The Labute approximate surface area is 159 Å². The quantitative estimate of drug-likeness (QED) is 0.889. The van der Waals surface area contributed by atoms with Gasteiger partial charge >= 0.3 is 0 Å². The summed E-state index contributed by atoms with van der Waals surface area (Å²) in [6, 6.07) is 5.79. The Bertz CT molecular complexity index is 510. The van der Waals surface area contributed by atoms with E-state index in [1.165, 1.54) is 0 Å². The molecule has 0 spiro atoms. The Kier molecular flexibility index (Phi) is 11.0. The average molecular weight is 365 g/mol. The van der Waals surface area contributed by atoms with Crippen molar-refractivity contribution in [2.45, 2.75) is 46.5 Å². The van der Waals surface area contributed by atoms with Crippen molar-refractivity contribution in [1.29, 1.82) is 0 Å². The van der Waals surface area contributed by atoms with Crippen LogP contribution in [-0.2, 0) is 4.74 Å². The molecular formula is C21H36N2O3. The first-order chi connectivity index (χ1) is 12.6. The monoisotopic (exact) mass is 364 g/mol. The highest BCUT2D eigenvalue weighted by Gasteiger charge is 2.20. The molecular weight excluding hydrogens is 328 g/mol. The number of rotatable bonds is 3. The summed E-state index contributed by atoms with van der Waals surface area (Å²) in [5, 5.41) is 3.16. The Balaban J connectivity index is 0.000000353. The lowest BCUT2D eigenvalue weighted by Gasteiger charge is -2.17. The lowest BCUT2D eigenvalue weighted by molar-refractivity contribution is 0.0792. The molecule has 0 aromatic heterocycles. The Morgan fingerprint density at radius 2 is 1.77 bits per heavy atom. The highest BCUT2D eigenvalue weighted by molar-refractivity contribution is 5.95. The third-order valence-electron chi connectivity index (χ3n) is 4.34. The standard InChI is InChI=1S/C15H21NO2.C4H9NO.C2H6/c1-11(2)13-7-6-12(10-14(13)18-3)15(17)16-8-4-5-9-16;1-3-6-4-2-5-1;1-2/h6-7,10-11H,4-5,8-9H2,1-3H3;5H,1-4H2;1-2H3.